The number of nitrogens with one attached hydrogen (secondary N) is 1. The average Bonchev–Trinajstić information content (AvgIpc) is 2.48. The number of nitrogens with zero attached hydrogens (tertiary/aromatic N) is 1. The molecule has 0 atom stereocenters. The van der Waals surface area contributed by atoms with Crippen LogP contribution in [0.25, 0.3) is 0 Å². The summed E-state index contributed by atoms with van der Waals surface area (Å²) in [5, 5.41) is 21.7. The molecule has 1 fully saturated rings. The summed E-state index contributed by atoms with van der Waals surface area (Å²) in [7, 11) is 0. The summed E-state index contributed by atoms with van der Waals surface area (Å²) in [6.45, 7) is 1.10. The summed E-state index contributed by atoms with van der Waals surface area (Å²) in [4.78, 5) is 0. The molecule has 0 saturated heterocycles. The van der Waals surface area contributed by atoms with E-state index in [0.29, 0.717) is 6.42 Å². The van der Waals surface area contributed by atoms with E-state index in [9.17, 15) is 5.11 Å². The van der Waals surface area contributed by atoms with E-state index < -0.39 is 0 Å². The van der Waals surface area contributed by atoms with Crippen LogP contribution in [-0.2, 0) is 6.42 Å². The SMILES string of the molecule is N#CCc1ccc(NCC2(CO)CCCCC2)cc1. The van der Waals surface area contributed by atoms with E-state index in [-0.39, 0.29) is 12.0 Å². The lowest BCUT2D eigenvalue weighted by Gasteiger charge is -2.36. The Morgan fingerprint density at radius 1 is 1.16 bits per heavy atom. The van der Waals surface area contributed by atoms with E-state index >= 15 is 0 Å². The predicted molar refractivity (Wildman–Crippen MR) is 76.9 cm³/mol. The molecule has 19 heavy (non-hydrogen) atoms. The van der Waals surface area contributed by atoms with Crippen LogP contribution in [0.1, 0.15) is 37.7 Å². The van der Waals surface area contributed by atoms with E-state index in [1.165, 1.54) is 19.3 Å². The van der Waals surface area contributed by atoms with Crippen molar-refractivity contribution in [2.24, 2.45) is 5.41 Å². The predicted octanol–water partition coefficient (Wildman–Crippen LogP) is 3.11. The minimum Gasteiger partial charge on any atom is -0.396 e. The smallest absolute Gasteiger partial charge is 0.0669 e. The molecule has 0 spiro atoms. The van der Waals surface area contributed by atoms with E-state index in [1.807, 2.05) is 24.3 Å². The van der Waals surface area contributed by atoms with Gasteiger partial charge in [0.15, 0.2) is 0 Å². The Morgan fingerprint density at radius 2 is 1.84 bits per heavy atom. The van der Waals surface area contributed by atoms with Gasteiger partial charge in [-0.15, -0.1) is 0 Å². The maximum absolute atomic E-state index is 9.66. The van der Waals surface area contributed by atoms with Crippen molar-refractivity contribution in [2.45, 2.75) is 38.5 Å². The van der Waals surface area contributed by atoms with Crippen LogP contribution in [0.2, 0.25) is 0 Å². The number of hydrogen-bond donors (Lipinski definition) is 2. The van der Waals surface area contributed by atoms with Crippen molar-refractivity contribution in [3.63, 3.8) is 0 Å². The Bertz CT molecular complexity index is 427. The normalized spacial score (nSPS) is 17.7. The van der Waals surface area contributed by atoms with E-state index in [0.717, 1.165) is 30.6 Å². The van der Waals surface area contributed by atoms with Gasteiger partial charge >= 0.3 is 0 Å². The van der Waals surface area contributed by atoms with Crippen molar-refractivity contribution in [3.05, 3.63) is 29.8 Å². The minimum atomic E-state index is 0.0591. The molecule has 0 aliphatic heterocycles. The Kier molecular flexibility index (Phi) is 4.81. The zero-order chi connectivity index (χ0) is 13.6. The van der Waals surface area contributed by atoms with Crippen LogP contribution in [0, 0.1) is 16.7 Å². The second kappa shape index (κ2) is 6.58. The summed E-state index contributed by atoms with van der Waals surface area (Å²) in [5.41, 5.74) is 2.17. The van der Waals surface area contributed by atoms with Gasteiger partial charge in [-0.3, -0.25) is 0 Å². The maximum Gasteiger partial charge on any atom is 0.0669 e. The van der Waals surface area contributed by atoms with E-state index in [1.54, 1.807) is 0 Å². The quantitative estimate of drug-likeness (QED) is 0.853. The molecule has 1 aliphatic carbocycles. The lowest BCUT2D eigenvalue weighted by atomic mass is 9.74. The third-order valence-electron chi connectivity index (χ3n) is 4.15. The third kappa shape index (κ3) is 3.71. The summed E-state index contributed by atoms with van der Waals surface area (Å²) in [5.74, 6) is 0. The molecule has 3 heteroatoms. The highest BCUT2D eigenvalue weighted by atomic mass is 16.3. The van der Waals surface area contributed by atoms with Crippen LogP contribution in [0.5, 0.6) is 0 Å². The first-order valence-electron chi connectivity index (χ1n) is 7.09. The molecule has 0 radical (unpaired) electrons. The Hall–Kier alpha value is -1.53. The van der Waals surface area contributed by atoms with Gasteiger partial charge in [0.1, 0.15) is 0 Å². The Balaban J connectivity index is 1.92. The average molecular weight is 258 g/mol. The summed E-state index contributed by atoms with van der Waals surface area (Å²) < 4.78 is 0. The number of hydrogen-bond acceptors (Lipinski definition) is 3. The standard InChI is InChI=1S/C16H22N2O/c17-11-8-14-4-6-15(7-5-14)18-12-16(13-19)9-2-1-3-10-16/h4-7,18-19H,1-3,8-10,12-13H2. The highest BCUT2D eigenvalue weighted by Gasteiger charge is 2.30. The number of aliphatic hydroxyl groups is 1. The van der Waals surface area contributed by atoms with Crippen molar-refractivity contribution in [1.82, 2.24) is 0 Å². The molecule has 1 aromatic rings. The first kappa shape index (κ1) is 13.9. The van der Waals surface area contributed by atoms with Crippen molar-refractivity contribution in [1.29, 1.82) is 5.26 Å². The fourth-order valence-corrected chi connectivity index (χ4v) is 2.81. The lowest BCUT2D eigenvalue weighted by Crippen LogP contribution is -2.35. The minimum absolute atomic E-state index is 0.0591. The van der Waals surface area contributed by atoms with Gasteiger partial charge in [0.05, 0.1) is 19.1 Å². The van der Waals surface area contributed by atoms with Gasteiger partial charge in [0, 0.05) is 17.6 Å². The van der Waals surface area contributed by atoms with E-state index in [2.05, 4.69) is 11.4 Å². The molecule has 0 amide bonds. The molecule has 0 heterocycles. The maximum atomic E-state index is 9.66. The van der Waals surface area contributed by atoms with Crippen LogP contribution < -0.4 is 5.32 Å². The Labute approximate surface area is 115 Å². The van der Waals surface area contributed by atoms with Gasteiger partial charge in [-0.2, -0.15) is 5.26 Å². The second-order valence-electron chi connectivity index (χ2n) is 5.60. The largest absolute Gasteiger partial charge is 0.396 e. The van der Waals surface area contributed by atoms with Crippen LogP contribution in [-0.4, -0.2) is 18.3 Å². The zero-order valence-corrected chi connectivity index (χ0v) is 11.4. The fraction of sp³-hybridized carbons (Fsp3) is 0.562. The van der Waals surface area contributed by atoms with Gasteiger partial charge in [0.25, 0.3) is 0 Å². The van der Waals surface area contributed by atoms with E-state index in [4.69, 9.17) is 5.26 Å². The molecule has 3 nitrogen and oxygen atoms in total. The molecular weight excluding hydrogens is 236 g/mol. The molecule has 0 aromatic heterocycles. The fourth-order valence-electron chi connectivity index (χ4n) is 2.81. The molecular formula is C16H22N2O. The number of anilines is 1. The number of nitriles is 1. The van der Waals surface area contributed by atoms with Crippen LogP contribution in [0.15, 0.2) is 24.3 Å². The molecule has 2 N–H and O–H groups in total. The third-order valence-corrected chi connectivity index (χ3v) is 4.15. The van der Waals surface area contributed by atoms with Gasteiger partial charge < -0.3 is 10.4 Å². The van der Waals surface area contributed by atoms with Crippen molar-refractivity contribution in [2.75, 3.05) is 18.5 Å². The van der Waals surface area contributed by atoms with Crippen LogP contribution in [0.4, 0.5) is 5.69 Å². The lowest BCUT2D eigenvalue weighted by molar-refractivity contribution is 0.0944. The van der Waals surface area contributed by atoms with Crippen molar-refractivity contribution in [3.8, 4) is 6.07 Å². The monoisotopic (exact) mass is 258 g/mol. The van der Waals surface area contributed by atoms with Gasteiger partial charge in [-0.05, 0) is 30.5 Å². The van der Waals surface area contributed by atoms with Gasteiger partial charge in [0.2, 0.25) is 0 Å². The summed E-state index contributed by atoms with van der Waals surface area (Å²) in [6, 6.07) is 10.1. The Morgan fingerprint density at radius 3 is 2.42 bits per heavy atom. The number of aliphatic hydroxyl groups excluding tert-OH is 1. The number of rotatable bonds is 5. The molecule has 2 rings (SSSR count). The van der Waals surface area contributed by atoms with Crippen molar-refractivity contribution < 1.29 is 5.11 Å². The molecule has 102 valence electrons. The summed E-state index contributed by atoms with van der Waals surface area (Å²) in [6.07, 6.45) is 6.43. The van der Waals surface area contributed by atoms with Gasteiger partial charge in [-0.1, -0.05) is 31.4 Å². The van der Waals surface area contributed by atoms with Gasteiger partial charge in [-0.25, -0.2) is 0 Å². The zero-order valence-electron chi connectivity index (χ0n) is 11.4. The molecule has 1 aliphatic rings. The number of benzene rings is 1. The first-order chi connectivity index (χ1) is 9.28. The first-order valence-corrected chi connectivity index (χ1v) is 7.09. The highest BCUT2D eigenvalue weighted by Crippen LogP contribution is 2.35. The molecule has 1 saturated carbocycles. The topological polar surface area (TPSA) is 56.0 Å². The summed E-state index contributed by atoms with van der Waals surface area (Å²) >= 11 is 0. The highest BCUT2D eigenvalue weighted by molar-refractivity contribution is 5.45. The molecule has 1 aromatic carbocycles. The van der Waals surface area contributed by atoms with Crippen LogP contribution >= 0.6 is 0 Å². The second-order valence-corrected chi connectivity index (χ2v) is 5.60. The van der Waals surface area contributed by atoms with Crippen LogP contribution in [0.3, 0.4) is 0 Å². The van der Waals surface area contributed by atoms with Crippen molar-refractivity contribution >= 4 is 5.69 Å². The molecule has 0 bridgehead atoms. The molecule has 0 unspecified atom stereocenters.